The molecule has 1 amide bonds. The lowest BCUT2D eigenvalue weighted by molar-refractivity contribution is -0.137. The normalized spacial score (nSPS) is 18.1. The number of rotatable bonds is 4. The summed E-state index contributed by atoms with van der Waals surface area (Å²) in [5.74, 6) is 0.236. The van der Waals surface area contributed by atoms with E-state index in [-0.39, 0.29) is 28.1 Å². The fraction of sp³-hybridized carbons (Fsp3) is 0.296. The number of fused-ring (bicyclic) bond motifs is 4. The van der Waals surface area contributed by atoms with Gasteiger partial charge in [-0.05, 0) is 36.1 Å². The number of nitrogens with two attached hydrogens (primary N) is 2. The summed E-state index contributed by atoms with van der Waals surface area (Å²) in [6, 6.07) is 7.11. The number of aromatic nitrogens is 2. The molecule has 2 aromatic heterocycles. The van der Waals surface area contributed by atoms with Crippen molar-refractivity contribution in [2.75, 3.05) is 6.61 Å². The monoisotopic (exact) mass is 538 g/mol. The van der Waals surface area contributed by atoms with Crippen LogP contribution in [0.2, 0.25) is 0 Å². The van der Waals surface area contributed by atoms with Crippen molar-refractivity contribution in [2.24, 2.45) is 26.9 Å². The summed E-state index contributed by atoms with van der Waals surface area (Å²) < 4.78 is 52.5. The molecule has 5 rings (SSSR count). The smallest absolute Gasteiger partial charge is 0.417 e. The Morgan fingerprint density at radius 1 is 1.03 bits per heavy atom. The Labute approximate surface area is 221 Å². The molecule has 1 unspecified atom stereocenters. The van der Waals surface area contributed by atoms with Gasteiger partial charge in [-0.15, -0.1) is 0 Å². The number of carbonyl (C=O) groups is 1. The molecule has 3 aromatic rings. The summed E-state index contributed by atoms with van der Waals surface area (Å²) in [6.45, 7) is 8.15. The van der Waals surface area contributed by atoms with Crippen LogP contribution in [-0.4, -0.2) is 34.0 Å². The van der Waals surface area contributed by atoms with Gasteiger partial charge in [-0.25, -0.2) is 20.0 Å². The van der Waals surface area contributed by atoms with Gasteiger partial charge in [0.15, 0.2) is 5.75 Å². The zero-order valence-electron chi connectivity index (χ0n) is 21.6. The molecule has 0 bridgehead atoms. The minimum Gasteiger partial charge on any atom is -0.477 e. The Bertz CT molecular complexity index is 1560. The van der Waals surface area contributed by atoms with E-state index in [2.05, 4.69) is 15.0 Å². The third kappa shape index (κ3) is 4.66. The molecule has 1 atom stereocenters. The van der Waals surface area contributed by atoms with E-state index in [4.69, 9.17) is 25.9 Å². The average molecular weight is 539 g/mol. The van der Waals surface area contributed by atoms with Gasteiger partial charge in [0.25, 0.3) is 5.91 Å². The molecule has 2 aliphatic rings. The van der Waals surface area contributed by atoms with E-state index in [1.54, 1.807) is 25.1 Å². The minimum absolute atomic E-state index is 0.0966. The van der Waals surface area contributed by atoms with Crippen LogP contribution in [0.5, 0.6) is 17.4 Å². The Kier molecular flexibility index (Phi) is 5.89. The molecule has 4 heterocycles. The largest absolute Gasteiger partial charge is 0.477 e. The lowest BCUT2D eigenvalue weighted by Crippen LogP contribution is -2.27. The van der Waals surface area contributed by atoms with Crippen LogP contribution >= 0.6 is 0 Å². The second-order valence-electron chi connectivity index (χ2n) is 10.5. The first-order valence-electron chi connectivity index (χ1n) is 11.9. The van der Waals surface area contributed by atoms with Crippen molar-refractivity contribution in [3.05, 3.63) is 65.1 Å². The van der Waals surface area contributed by atoms with Crippen LogP contribution in [-0.2, 0) is 11.8 Å². The van der Waals surface area contributed by atoms with Crippen LogP contribution in [0.1, 0.15) is 54.9 Å². The van der Waals surface area contributed by atoms with Crippen LogP contribution in [0.3, 0.4) is 0 Å². The number of hydrogen-bond acceptors (Lipinski definition) is 8. The molecular weight excluding hydrogens is 513 g/mol. The van der Waals surface area contributed by atoms with Crippen molar-refractivity contribution in [1.82, 2.24) is 9.97 Å². The van der Waals surface area contributed by atoms with Crippen LogP contribution in [0.25, 0.3) is 11.1 Å². The molecule has 0 saturated heterocycles. The summed E-state index contributed by atoms with van der Waals surface area (Å²) >= 11 is 0. The highest BCUT2D eigenvalue weighted by atomic mass is 19.4. The van der Waals surface area contributed by atoms with Gasteiger partial charge in [0, 0.05) is 23.4 Å². The molecule has 0 fully saturated rings. The zero-order valence-corrected chi connectivity index (χ0v) is 21.6. The van der Waals surface area contributed by atoms with Crippen molar-refractivity contribution in [2.45, 2.75) is 39.5 Å². The SMILES string of the molecule is CC1=NC2(N=C1N)c1cc(-c3cc(C(F)(F)F)cnc3C(N)=O)ccc1Oc1cnc(OCC(C)(C)C)cc12. The number of amides is 1. The molecule has 9 nitrogen and oxygen atoms in total. The molecule has 0 aliphatic carbocycles. The fourth-order valence-electron chi connectivity index (χ4n) is 4.33. The highest BCUT2D eigenvalue weighted by molar-refractivity contribution is 6.41. The van der Waals surface area contributed by atoms with E-state index in [1.807, 2.05) is 20.8 Å². The van der Waals surface area contributed by atoms with Gasteiger partial charge in [-0.1, -0.05) is 26.8 Å². The van der Waals surface area contributed by atoms with E-state index in [1.165, 1.54) is 12.3 Å². The number of alkyl halides is 3. The maximum atomic E-state index is 13.5. The zero-order chi connectivity index (χ0) is 28.3. The van der Waals surface area contributed by atoms with Crippen molar-refractivity contribution in [1.29, 1.82) is 0 Å². The highest BCUT2D eigenvalue weighted by Crippen LogP contribution is 2.53. The molecule has 1 spiro atoms. The number of pyridine rings is 2. The van der Waals surface area contributed by atoms with Crippen molar-refractivity contribution >= 4 is 17.5 Å². The van der Waals surface area contributed by atoms with Gasteiger partial charge in [-0.2, -0.15) is 13.2 Å². The minimum atomic E-state index is -4.68. The molecule has 1 aromatic carbocycles. The number of primary amides is 1. The predicted molar refractivity (Wildman–Crippen MR) is 138 cm³/mol. The number of hydrogen-bond donors (Lipinski definition) is 2. The Morgan fingerprint density at radius 3 is 2.36 bits per heavy atom. The van der Waals surface area contributed by atoms with E-state index in [9.17, 15) is 18.0 Å². The summed E-state index contributed by atoms with van der Waals surface area (Å²) in [5, 5.41) is 0. The molecule has 0 saturated carbocycles. The Hall–Kier alpha value is -4.48. The maximum Gasteiger partial charge on any atom is 0.417 e. The molecule has 12 heteroatoms. The average Bonchev–Trinajstić information content (AvgIpc) is 3.16. The maximum absolute atomic E-state index is 13.5. The quantitative estimate of drug-likeness (QED) is 0.488. The number of amidine groups is 1. The summed E-state index contributed by atoms with van der Waals surface area (Å²) in [5.41, 5.74) is 10.2. The first kappa shape index (κ1) is 26.1. The Balaban J connectivity index is 1.70. The van der Waals surface area contributed by atoms with Gasteiger partial charge in [-0.3, -0.25) is 4.79 Å². The van der Waals surface area contributed by atoms with Crippen molar-refractivity contribution < 1.29 is 27.4 Å². The van der Waals surface area contributed by atoms with Crippen LogP contribution < -0.4 is 20.9 Å². The topological polar surface area (TPSA) is 138 Å². The second-order valence-corrected chi connectivity index (χ2v) is 10.5. The van der Waals surface area contributed by atoms with Gasteiger partial charge in [0.1, 0.15) is 17.3 Å². The number of benzene rings is 1. The van der Waals surface area contributed by atoms with Crippen molar-refractivity contribution in [3.8, 4) is 28.5 Å². The van der Waals surface area contributed by atoms with E-state index < -0.39 is 23.3 Å². The lowest BCUT2D eigenvalue weighted by atomic mass is 9.87. The first-order valence-corrected chi connectivity index (χ1v) is 11.9. The van der Waals surface area contributed by atoms with E-state index >= 15 is 0 Å². The molecule has 2 aliphatic heterocycles. The third-order valence-electron chi connectivity index (χ3n) is 6.19. The van der Waals surface area contributed by atoms with Gasteiger partial charge in [0.2, 0.25) is 11.5 Å². The first-order chi connectivity index (χ1) is 18.2. The number of halogens is 3. The molecule has 39 heavy (non-hydrogen) atoms. The standard InChI is InChI=1S/C27H25F3N6O3/c1-13-23(31)36-26(35-13)17-7-14(16-8-15(27(28,29)30)10-34-22(16)24(32)37)5-6-19(17)39-20-11-33-21(9-18(20)26)38-12-25(2,3)4/h5-11H,12H2,1-4H3,(H2,31,36)(H2,32,37). The molecule has 202 valence electrons. The van der Waals surface area contributed by atoms with E-state index in [0.717, 1.165) is 6.07 Å². The van der Waals surface area contributed by atoms with Crippen LogP contribution in [0.15, 0.2) is 52.7 Å². The number of aliphatic imine (C=N–C) groups is 2. The van der Waals surface area contributed by atoms with Crippen molar-refractivity contribution in [3.63, 3.8) is 0 Å². The van der Waals surface area contributed by atoms with Crippen LogP contribution in [0.4, 0.5) is 13.2 Å². The lowest BCUT2D eigenvalue weighted by Gasteiger charge is -2.33. The fourth-order valence-corrected chi connectivity index (χ4v) is 4.33. The number of ether oxygens (including phenoxy) is 2. The van der Waals surface area contributed by atoms with E-state index in [0.29, 0.717) is 47.0 Å². The second kappa shape index (κ2) is 8.79. The summed E-state index contributed by atoms with van der Waals surface area (Å²) in [6.07, 6.45) is -2.61. The van der Waals surface area contributed by atoms with Gasteiger partial charge in [0.05, 0.1) is 29.6 Å². The number of carbonyl (C=O) groups excluding carboxylic acids is 1. The van der Waals surface area contributed by atoms with Crippen LogP contribution in [0, 0.1) is 5.41 Å². The molecule has 0 radical (unpaired) electrons. The van der Waals surface area contributed by atoms with Gasteiger partial charge >= 0.3 is 6.18 Å². The molecule has 4 N–H and O–H groups in total. The highest BCUT2D eigenvalue weighted by Gasteiger charge is 2.46. The summed E-state index contributed by atoms with van der Waals surface area (Å²) in [4.78, 5) is 29.6. The molecular formula is C27H25F3N6O3. The third-order valence-corrected chi connectivity index (χ3v) is 6.19. The summed E-state index contributed by atoms with van der Waals surface area (Å²) in [7, 11) is 0. The predicted octanol–water partition coefficient (Wildman–Crippen LogP) is 4.82. The Morgan fingerprint density at radius 2 is 1.74 bits per heavy atom. The number of nitrogens with zero attached hydrogens (tertiary/aromatic N) is 4. The van der Waals surface area contributed by atoms with Gasteiger partial charge < -0.3 is 20.9 Å².